The van der Waals surface area contributed by atoms with E-state index < -0.39 is 5.91 Å². The number of amides is 2. The third kappa shape index (κ3) is 4.47. The highest BCUT2D eigenvalue weighted by Gasteiger charge is 2.21. The molecule has 2 amide bonds. The Hall–Kier alpha value is -3.28. The molecule has 1 atom stereocenters. The Morgan fingerprint density at radius 3 is 2.70 bits per heavy atom. The highest BCUT2D eigenvalue weighted by molar-refractivity contribution is 6.02. The molecule has 3 rings (SSSR count). The molecular weight excluding hydrogens is 344 g/mol. The van der Waals surface area contributed by atoms with Crippen LogP contribution in [0.2, 0.25) is 0 Å². The zero-order chi connectivity index (χ0) is 19.4. The number of hydrogen-bond acceptors (Lipinski definition) is 4. The molecular formula is C21H22N2O4. The minimum absolute atomic E-state index is 0.139. The minimum Gasteiger partial charge on any atom is -0.493 e. The first kappa shape index (κ1) is 18.5. The van der Waals surface area contributed by atoms with Crippen LogP contribution in [0.3, 0.4) is 0 Å². The second-order valence-corrected chi connectivity index (χ2v) is 6.33. The Bertz CT molecular complexity index is 888. The van der Waals surface area contributed by atoms with Gasteiger partial charge in [0.1, 0.15) is 17.6 Å². The molecule has 2 aromatic carbocycles. The summed E-state index contributed by atoms with van der Waals surface area (Å²) in [6.45, 7) is 4.48. The lowest BCUT2D eigenvalue weighted by atomic mass is 10.1. The molecule has 0 aromatic heterocycles. The van der Waals surface area contributed by atoms with E-state index in [0.717, 1.165) is 29.0 Å². The average Bonchev–Trinajstić information content (AvgIpc) is 2.99. The summed E-state index contributed by atoms with van der Waals surface area (Å²) in [5, 5.41) is 2.74. The number of nitrogens with one attached hydrogen (secondary N) is 1. The minimum atomic E-state index is -0.510. The van der Waals surface area contributed by atoms with Crippen molar-refractivity contribution in [3.05, 3.63) is 59.2 Å². The highest BCUT2D eigenvalue weighted by atomic mass is 16.5. The largest absolute Gasteiger partial charge is 0.493 e. The molecule has 1 heterocycles. The number of carbonyl (C=O) groups is 2. The van der Waals surface area contributed by atoms with Gasteiger partial charge in [-0.25, -0.2) is 0 Å². The summed E-state index contributed by atoms with van der Waals surface area (Å²) in [6, 6.07) is 10.3. The maximum atomic E-state index is 12.2. The third-order valence-corrected chi connectivity index (χ3v) is 4.18. The maximum Gasteiger partial charge on any atom is 0.248 e. The van der Waals surface area contributed by atoms with E-state index in [1.54, 1.807) is 30.3 Å². The van der Waals surface area contributed by atoms with Gasteiger partial charge < -0.3 is 20.5 Å². The van der Waals surface area contributed by atoms with Crippen LogP contribution in [0.5, 0.6) is 11.5 Å². The van der Waals surface area contributed by atoms with E-state index in [-0.39, 0.29) is 12.0 Å². The van der Waals surface area contributed by atoms with Gasteiger partial charge in [0.2, 0.25) is 11.8 Å². The van der Waals surface area contributed by atoms with E-state index in [4.69, 9.17) is 15.2 Å². The van der Waals surface area contributed by atoms with Crippen LogP contribution in [0.1, 0.15) is 35.3 Å². The normalized spacial score (nSPS) is 15.3. The molecule has 0 saturated heterocycles. The van der Waals surface area contributed by atoms with Crippen LogP contribution in [0, 0.1) is 0 Å². The van der Waals surface area contributed by atoms with Gasteiger partial charge in [0.25, 0.3) is 0 Å². The Morgan fingerprint density at radius 1 is 1.30 bits per heavy atom. The Morgan fingerprint density at radius 2 is 2.04 bits per heavy atom. The molecule has 0 radical (unpaired) electrons. The predicted octanol–water partition coefficient (Wildman–Crippen LogP) is 3.16. The summed E-state index contributed by atoms with van der Waals surface area (Å²) in [5.41, 5.74) is 8.06. The number of primary amides is 1. The van der Waals surface area contributed by atoms with E-state index in [0.29, 0.717) is 17.9 Å². The SMILES string of the molecule is CCOc1cc2c(cc1/C=C/C(=O)Nc1ccc(C(N)=O)cc1)OC(C)C2. The summed E-state index contributed by atoms with van der Waals surface area (Å²) < 4.78 is 11.5. The quantitative estimate of drug-likeness (QED) is 0.769. The van der Waals surface area contributed by atoms with Gasteiger partial charge in [-0.15, -0.1) is 0 Å². The van der Waals surface area contributed by atoms with Crippen LogP contribution in [-0.4, -0.2) is 24.5 Å². The number of carbonyl (C=O) groups excluding carboxylic acids is 2. The summed E-state index contributed by atoms with van der Waals surface area (Å²) in [5.74, 6) is 0.750. The standard InChI is InChI=1S/C21H22N2O4/c1-3-26-18-12-16-10-13(2)27-19(16)11-15(18)6-9-20(24)23-17-7-4-14(5-8-17)21(22)25/h4-9,11-13H,3,10H2,1-2H3,(H2,22,25)(H,23,24)/b9-6+. The second kappa shape index (κ2) is 7.95. The number of fused-ring (bicyclic) bond motifs is 1. The number of ether oxygens (including phenoxy) is 2. The van der Waals surface area contributed by atoms with Gasteiger partial charge in [0, 0.05) is 34.9 Å². The molecule has 6 nitrogen and oxygen atoms in total. The molecule has 27 heavy (non-hydrogen) atoms. The zero-order valence-corrected chi connectivity index (χ0v) is 15.3. The van der Waals surface area contributed by atoms with Gasteiger partial charge in [-0.2, -0.15) is 0 Å². The molecule has 3 N–H and O–H groups in total. The fourth-order valence-corrected chi connectivity index (χ4v) is 2.93. The molecule has 6 heteroatoms. The van der Waals surface area contributed by atoms with Crippen molar-refractivity contribution in [1.29, 1.82) is 0 Å². The monoisotopic (exact) mass is 366 g/mol. The van der Waals surface area contributed by atoms with Crippen molar-refractivity contribution in [1.82, 2.24) is 0 Å². The van der Waals surface area contributed by atoms with Crippen molar-refractivity contribution < 1.29 is 19.1 Å². The number of nitrogens with two attached hydrogens (primary N) is 1. The van der Waals surface area contributed by atoms with Gasteiger partial charge in [-0.1, -0.05) is 0 Å². The van der Waals surface area contributed by atoms with Gasteiger partial charge in [0.05, 0.1) is 6.61 Å². The second-order valence-electron chi connectivity index (χ2n) is 6.33. The van der Waals surface area contributed by atoms with Crippen molar-refractivity contribution in [3.63, 3.8) is 0 Å². The molecule has 1 aliphatic rings. The van der Waals surface area contributed by atoms with Gasteiger partial charge in [0.15, 0.2) is 0 Å². The molecule has 2 aromatic rings. The first-order valence-corrected chi connectivity index (χ1v) is 8.81. The first-order valence-electron chi connectivity index (χ1n) is 8.81. The van der Waals surface area contributed by atoms with Crippen LogP contribution < -0.4 is 20.5 Å². The van der Waals surface area contributed by atoms with Crippen molar-refractivity contribution in [2.45, 2.75) is 26.4 Å². The van der Waals surface area contributed by atoms with E-state index in [2.05, 4.69) is 5.32 Å². The van der Waals surface area contributed by atoms with Gasteiger partial charge >= 0.3 is 0 Å². The molecule has 1 aliphatic heterocycles. The summed E-state index contributed by atoms with van der Waals surface area (Å²) in [4.78, 5) is 23.3. The fraction of sp³-hybridized carbons (Fsp3) is 0.238. The smallest absolute Gasteiger partial charge is 0.248 e. The van der Waals surface area contributed by atoms with Gasteiger partial charge in [-0.3, -0.25) is 9.59 Å². The maximum absolute atomic E-state index is 12.2. The van der Waals surface area contributed by atoms with Crippen LogP contribution in [-0.2, 0) is 11.2 Å². The van der Waals surface area contributed by atoms with E-state index in [1.807, 2.05) is 26.0 Å². The molecule has 0 spiro atoms. The van der Waals surface area contributed by atoms with E-state index >= 15 is 0 Å². The van der Waals surface area contributed by atoms with Crippen LogP contribution in [0.15, 0.2) is 42.5 Å². The molecule has 0 fully saturated rings. The molecule has 1 unspecified atom stereocenters. The van der Waals surface area contributed by atoms with Crippen LogP contribution in [0.4, 0.5) is 5.69 Å². The Balaban J connectivity index is 1.73. The zero-order valence-electron chi connectivity index (χ0n) is 15.3. The fourth-order valence-electron chi connectivity index (χ4n) is 2.93. The van der Waals surface area contributed by atoms with Crippen LogP contribution >= 0.6 is 0 Å². The molecule has 140 valence electrons. The Labute approximate surface area is 158 Å². The van der Waals surface area contributed by atoms with Crippen molar-refractivity contribution in [3.8, 4) is 11.5 Å². The molecule has 0 aliphatic carbocycles. The summed E-state index contributed by atoms with van der Waals surface area (Å²) in [7, 11) is 0. The Kier molecular flexibility index (Phi) is 5.45. The number of rotatable bonds is 6. The number of benzene rings is 2. The van der Waals surface area contributed by atoms with Crippen molar-refractivity contribution in [2.24, 2.45) is 5.73 Å². The summed E-state index contributed by atoms with van der Waals surface area (Å²) in [6.07, 6.45) is 4.12. The predicted molar refractivity (Wildman–Crippen MR) is 104 cm³/mol. The molecule has 0 bridgehead atoms. The summed E-state index contributed by atoms with van der Waals surface area (Å²) >= 11 is 0. The molecule has 0 saturated carbocycles. The van der Waals surface area contributed by atoms with Crippen LogP contribution in [0.25, 0.3) is 6.08 Å². The number of anilines is 1. The topological polar surface area (TPSA) is 90.6 Å². The highest BCUT2D eigenvalue weighted by Crippen LogP contribution is 2.35. The lowest BCUT2D eigenvalue weighted by Crippen LogP contribution is -2.11. The number of hydrogen-bond donors (Lipinski definition) is 2. The lowest BCUT2D eigenvalue weighted by molar-refractivity contribution is -0.111. The van der Waals surface area contributed by atoms with E-state index in [1.165, 1.54) is 6.08 Å². The average molecular weight is 366 g/mol. The van der Waals surface area contributed by atoms with Crippen molar-refractivity contribution in [2.75, 3.05) is 11.9 Å². The third-order valence-electron chi connectivity index (χ3n) is 4.18. The van der Waals surface area contributed by atoms with Crippen molar-refractivity contribution >= 4 is 23.6 Å². The van der Waals surface area contributed by atoms with Gasteiger partial charge in [-0.05, 0) is 56.3 Å². The first-order chi connectivity index (χ1) is 13.0. The van der Waals surface area contributed by atoms with E-state index in [9.17, 15) is 9.59 Å². The lowest BCUT2D eigenvalue weighted by Gasteiger charge is -2.10.